The van der Waals surface area contributed by atoms with Crippen LogP contribution in [0.1, 0.15) is 12.0 Å². The minimum atomic E-state index is -4.75. The molecule has 0 spiro atoms. The first-order valence-corrected chi connectivity index (χ1v) is 14.0. The summed E-state index contributed by atoms with van der Waals surface area (Å²) in [5.41, 5.74) is 1.21. The largest absolute Gasteiger partial charge is 0.417 e. The SMILES string of the molecule is C=C1C=C(C(F)(F)F)C(C(=O)Nc2cc(-c3cc(CN4C5COCC4C5)ccc3F)ccc2N2CCN(C)CC2)=CN1. The van der Waals surface area contributed by atoms with Gasteiger partial charge in [-0.25, -0.2) is 4.39 Å². The van der Waals surface area contributed by atoms with E-state index in [4.69, 9.17) is 4.74 Å². The Morgan fingerprint density at radius 2 is 1.83 bits per heavy atom. The molecule has 0 aliphatic carbocycles. The van der Waals surface area contributed by atoms with E-state index in [2.05, 4.69) is 31.9 Å². The van der Waals surface area contributed by atoms with Gasteiger partial charge in [-0.1, -0.05) is 18.7 Å². The zero-order valence-corrected chi connectivity index (χ0v) is 23.3. The molecule has 2 aromatic carbocycles. The van der Waals surface area contributed by atoms with Gasteiger partial charge < -0.3 is 25.2 Å². The molecule has 0 aromatic heterocycles. The van der Waals surface area contributed by atoms with Gasteiger partial charge in [-0.05, 0) is 54.9 Å². The number of allylic oxidation sites excluding steroid dienone is 1. The third kappa shape index (κ3) is 5.68. The maximum Gasteiger partial charge on any atom is 0.417 e. The van der Waals surface area contributed by atoms with Crippen molar-refractivity contribution in [1.82, 2.24) is 15.1 Å². The van der Waals surface area contributed by atoms with Crippen molar-refractivity contribution in [2.75, 3.05) is 56.7 Å². The van der Waals surface area contributed by atoms with Gasteiger partial charge in [-0.3, -0.25) is 9.69 Å². The summed E-state index contributed by atoms with van der Waals surface area (Å²) in [6, 6.07) is 11.0. The third-order valence-electron chi connectivity index (χ3n) is 8.46. The van der Waals surface area contributed by atoms with Crippen LogP contribution in [0, 0.1) is 5.82 Å². The number of benzene rings is 2. The summed E-state index contributed by atoms with van der Waals surface area (Å²) in [5.74, 6) is -1.35. The van der Waals surface area contributed by atoms with Crippen molar-refractivity contribution < 1.29 is 27.1 Å². The van der Waals surface area contributed by atoms with Crippen molar-refractivity contribution in [2.45, 2.75) is 31.2 Å². The van der Waals surface area contributed by atoms with E-state index in [1.807, 2.05) is 13.1 Å². The topological polar surface area (TPSA) is 60.1 Å². The molecule has 42 heavy (non-hydrogen) atoms. The van der Waals surface area contributed by atoms with Crippen LogP contribution in [0.4, 0.5) is 28.9 Å². The van der Waals surface area contributed by atoms with Gasteiger partial charge in [0, 0.05) is 62.3 Å². The van der Waals surface area contributed by atoms with Crippen LogP contribution in [0.15, 0.2) is 72.1 Å². The number of morpholine rings is 1. The normalized spacial score (nSPS) is 23.1. The monoisotopic (exact) mass is 583 g/mol. The molecule has 3 saturated heterocycles. The van der Waals surface area contributed by atoms with Crippen molar-refractivity contribution >= 4 is 17.3 Å². The molecule has 1 amide bonds. The highest BCUT2D eigenvalue weighted by atomic mass is 19.4. The molecule has 3 fully saturated rings. The highest BCUT2D eigenvalue weighted by Gasteiger charge is 2.42. The predicted molar refractivity (Wildman–Crippen MR) is 153 cm³/mol. The van der Waals surface area contributed by atoms with Crippen molar-refractivity contribution in [3.05, 3.63) is 83.5 Å². The van der Waals surface area contributed by atoms with Gasteiger partial charge in [0.15, 0.2) is 0 Å². The van der Waals surface area contributed by atoms with E-state index in [9.17, 15) is 18.0 Å². The first kappa shape index (κ1) is 28.4. The summed E-state index contributed by atoms with van der Waals surface area (Å²) in [4.78, 5) is 20.0. The lowest BCUT2D eigenvalue weighted by Crippen LogP contribution is -2.62. The number of nitrogens with one attached hydrogen (secondary N) is 2. The fourth-order valence-corrected chi connectivity index (χ4v) is 6.05. The Morgan fingerprint density at radius 1 is 1.10 bits per heavy atom. The van der Waals surface area contributed by atoms with Crippen LogP contribution >= 0.6 is 0 Å². The Bertz CT molecular complexity index is 1450. The molecule has 4 heterocycles. The average molecular weight is 584 g/mol. The molecular weight excluding hydrogens is 550 g/mol. The molecule has 2 unspecified atom stereocenters. The number of amides is 1. The first-order chi connectivity index (χ1) is 20.1. The van der Waals surface area contributed by atoms with E-state index in [-0.39, 0.29) is 5.70 Å². The van der Waals surface area contributed by atoms with Gasteiger partial charge >= 0.3 is 6.18 Å². The number of anilines is 2. The van der Waals surface area contributed by atoms with Crippen molar-refractivity contribution in [3.8, 4) is 11.1 Å². The van der Waals surface area contributed by atoms with E-state index >= 15 is 4.39 Å². The van der Waals surface area contributed by atoms with E-state index in [1.54, 1.807) is 24.3 Å². The molecule has 4 aliphatic rings. The molecule has 4 aliphatic heterocycles. The van der Waals surface area contributed by atoms with Gasteiger partial charge in [0.05, 0.1) is 35.7 Å². The lowest BCUT2D eigenvalue weighted by atomic mass is 9.90. The third-order valence-corrected chi connectivity index (χ3v) is 8.46. The van der Waals surface area contributed by atoms with Gasteiger partial charge in [-0.2, -0.15) is 13.2 Å². The van der Waals surface area contributed by atoms with Crippen LogP contribution < -0.4 is 15.5 Å². The number of rotatable bonds is 6. The summed E-state index contributed by atoms with van der Waals surface area (Å²) in [6.07, 6.45) is -1.82. The van der Waals surface area contributed by atoms with Crippen LogP contribution in [0.2, 0.25) is 0 Å². The molecule has 6 rings (SSSR count). The van der Waals surface area contributed by atoms with Crippen LogP contribution in [0.25, 0.3) is 11.1 Å². The van der Waals surface area contributed by atoms with Gasteiger partial charge in [-0.15, -0.1) is 0 Å². The Morgan fingerprint density at radius 3 is 2.52 bits per heavy atom. The fraction of sp³-hybridized carbons (Fsp3) is 0.387. The maximum absolute atomic E-state index is 15.2. The summed E-state index contributed by atoms with van der Waals surface area (Å²) >= 11 is 0. The van der Waals surface area contributed by atoms with Crippen LogP contribution in [0.5, 0.6) is 0 Å². The summed E-state index contributed by atoms with van der Waals surface area (Å²) in [6.45, 7) is 8.51. The van der Waals surface area contributed by atoms with Gasteiger partial charge in [0.1, 0.15) is 5.82 Å². The smallest absolute Gasteiger partial charge is 0.378 e. The summed E-state index contributed by atoms with van der Waals surface area (Å²) in [5, 5.41) is 5.31. The Hall–Kier alpha value is -3.67. The average Bonchev–Trinajstić information content (AvgIpc) is 2.97. The molecule has 0 radical (unpaired) electrons. The molecule has 2 N–H and O–H groups in total. The number of ether oxygens (including phenoxy) is 1. The lowest BCUT2D eigenvalue weighted by Gasteiger charge is -2.52. The highest BCUT2D eigenvalue weighted by Crippen LogP contribution is 2.38. The van der Waals surface area contributed by atoms with Crippen LogP contribution in [-0.2, 0) is 16.1 Å². The Balaban J connectivity index is 1.32. The number of dihydropyridines is 1. The number of piperazine rings is 1. The first-order valence-electron chi connectivity index (χ1n) is 14.0. The minimum absolute atomic E-state index is 0.0312. The van der Waals surface area contributed by atoms with Crippen molar-refractivity contribution in [3.63, 3.8) is 0 Å². The number of nitrogens with zero attached hydrogens (tertiary/aromatic N) is 3. The molecule has 0 saturated carbocycles. The molecule has 2 atom stereocenters. The Kier molecular flexibility index (Phi) is 7.59. The van der Waals surface area contributed by atoms with Crippen LogP contribution in [0.3, 0.4) is 0 Å². The zero-order chi connectivity index (χ0) is 29.6. The molecule has 2 bridgehead atoms. The van der Waals surface area contributed by atoms with E-state index in [0.29, 0.717) is 67.4 Å². The number of alkyl halides is 3. The summed E-state index contributed by atoms with van der Waals surface area (Å²) < 4.78 is 62.2. The predicted octanol–water partition coefficient (Wildman–Crippen LogP) is 4.65. The number of hydrogen-bond acceptors (Lipinski definition) is 6. The second-order valence-corrected chi connectivity index (χ2v) is 11.3. The summed E-state index contributed by atoms with van der Waals surface area (Å²) in [7, 11) is 2.01. The zero-order valence-electron chi connectivity index (χ0n) is 23.3. The highest BCUT2D eigenvalue weighted by molar-refractivity contribution is 6.09. The molecule has 11 heteroatoms. The number of fused-ring (bicyclic) bond motifs is 2. The number of likely N-dealkylation sites (N-methyl/N-ethyl adjacent to an activating group) is 1. The number of halogens is 4. The van der Waals surface area contributed by atoms with Crippen LogP contribution in [-0.4, -0.2) is 80.4 Å². The molecular formula is C31H33F4N5O2. The minimum Gasteiger partial charge on any atom is -0.378 e. The maximum atomic E-state index is 15.2. The Labute approximate surface area is 242 Å². The van der Waals surface area contributed by atoms with E-state index in [1.165, 1.54) is 6.07 Å². The van der Waals surface area contributed by atoms with Gasteiger partial charge in [0.2, 0.25) is 0 Å². The molecule has 7 nitrogen and oxygen atoms in total. The second kappa shape index (κ2) is 11.2. The fourth-order valence-electron chi connectivity index (χ4n) is 6.05. The van der Waals surface area contributed by atoms with Crippen molar-refractivity contribution in [1.29, 1.82) is 0 Å². The standard InChI is InChI=1S/C31H33F4N5O2/c1-19-11-26(31(33,34)35)25(15-36-19)30(41)37-28-13-21(4-6-29(28)39-9-7-38(2)8-10-39)24-12-20(3-5-27(24)32)16-40-22-14-23(40)18-42-17-22/h3-6,11-13,15,22-23,36H,1,7-10,14,16-18H2,2H3,(H,37,41). The van der Waals surface area contributed by atoms with Gasteiger partial charge in [0.25, 0.3) is 5.91 Å². The molecule has 2 aromatic rings. The number of hydrogen-bond donors (Lipinski definition) is 2. The second-order valence-electron chi connectivity index (χ2n) is 11.3. The number of carbonyl (C=O) groups is 1. The molecule has 222 valence electrons. The number of carbonyl (C=O) groups excluding carboxylic acids is 1. The van der Waals surface area contributed by atoms with Crippen molar-refractivity contribution in [2.24, 2.45) is 0 Å². The van der Waals surface area contributed by atoms with E-state index in [0.717, 1.165) is 37.3 Å². The lowest BCUT2D eigenvalue weighted by molar-refractivity contribution is -0.131. The quantitative estimate of drug-likeness (QED) is 0.484. The van der Waals surface area contributed by atoms with E-state index < -0.39 is 29.0 Å².